The van der Waals surface area contributed by atoms with Crippen LogP contribution in [0.25, 0.3) is 10.9 Å². The Kier molecular flexibility index (Phi) is 7.04. The van der Waals surface area contributed by atoms with Gasteiger partial charge in [-0.05, 0) is 35.9 Å². The number of ether oxygens (including phenoxy) is 2. The van der Waals surface area contributed by atoms with Gasteiger partial charge in [0.25, 0.3) is 0 Å². The van der Waals surface area contributed by atoms with E-state index in [1.807, 2.05) is 19.0 Å². The molecule has 4 rings (SSSR count). The summed E-state index contributed by atoms with van der Waals surface area (Å²) in [5.74, 6) is 1.01. The van der Waals surface area contributed by atoms with E-state index in [4.69, 9.17) is 9.47 Å². The molecule has 0 spiro atoms. The number of carbonyl (C=O) groups is 1. The molecule has 0 radical (unpaired) electrons. The third-order valence-electron chi connectivity index (χ3n) is 6.00. The number of benzene rings is 2. The van der Waals surface area contributed by atoms with E-state index in [1.165, 1.54) is 38.7 Å². The number of fused-ring (bicyclic) bond motifs is 1. The Balaban J connectivity index is 1.88. The minimum absolute atomic E-state index is 0.0214. The van der Waals surface area contributed by atoms with Gasteiger partial charge in [-0.3, -0.25) is 9.59 Å². The van der Waals surface area contributed by atoms with E-state index in [0.717, 1.165) is 11.8 Å². The number of rotatable bonds is 8. The van der Waals surface area contributed by atoms with Crippen LogP contribution in [0.1, 0.15) is 21.5 Å². The fraction of sp³-hybridized carbons (Fsp3) is 0.222. The van der Waals surface area contributed by atoms with Crippen molar-refractivity contribution in [3.05, 3.63) is 87.8 Å². The first kappa shape index (κ1) is 25.9. The molecule has 0 saturated heterocycles. The van der Waals surface area contributed by atoms with Gasteiger partial charge >= 0.3 is 0 Å². The molecule has 2 aromatic heterocycles. The SMILES string of the molecule is COc1cc2c(=O)c(C(=O)c3ccc(N(C)C)nc3)cn(Cc3ccc(S(C)(=O)=O)cc3)c2cc1OC. The molecule has 10 heteroatoms. The van der Waals surface area contributed by atoms with Crippen LogP contribution in [0.2, 0.25) is 0 Å². The van der Waals surface area contributed by atoms with Crippen molar-refractivity contribution in [1.29, 1.82) is 0 Å². The molecule has 2 heterocycles. The predicted octanol–water partition coefficient (Wildman–Crippen LogP) is 3.16. The highest BCUT2D eigenvalue weighted by Crippen LogP contribution is 2.31. The van der Waals surface area contributed by atoms with Crippen LogP contribution in [0, 0.1) is 0 Å². The smallest absolute Gasteiger partial charge is 0.200 e. The molecule has 0 aliphatic rings. The number of ketones is 1. The molecular weight excluding hydrogens is 494 g/mol. The maximum atomic E-state index is 13.5. The first-order chi connectivity index (χ1) is 17.5. The molecule has 0 fully saturated rings. The summed E-state index contributed by atoms with van der Waals surface area (Å²) in [6, 6.07) is 13.1. The Morgan fingerprint density at radius 1 is 1.00 bits per heavy atom. The largest absolute Gasteiger partial charge is 0.493 e. The summed E-state index contributed by atoms with van der Waals surface area (Å²) in [5.41, 5.74) is 1.13. The Hall–Kier alpha value is -4.18. The van der Waals surface area contributed by atoms with E-state index in [1.54, 1.807) is 41.0 Å². The van der Waals surface area contributed by atoms with E-state index in [-0.39, 0.29) is 28.0 Å². The lowest BCUT2D eigenvalue weighted by molar-refractivity contribution is 0.103. The van der Waals surface area contributed by atoms with Gasteiger partial charge in [0.1, 0.15) is 5.82 Å². The zero-order valence-electron chi connectivity index (χ0n) is 21.2. The third kappa shape index (κ3) is 5.19. The Morgan fingerprint density at radius 2 is 1.65 bits per heavy atom. The van der Waals surface area contributed by atoms with Crippen LogP contribution in [0.5, 0.6) is 11.5 Å². The third-order valence-corrected chi connectivity index (χ3v) is 7.13. The summed E-state index contributed by atoms with van der Waals surface area (Å²) in [7, 11) is 3.32. The highest BCUT2D eigenvalue weighted by atomic mass is 32.2. The minimum atomic E-state index is -3.34. The van der Waals surface area contributed by atoms with Crippen molar-refractivity contribution in [2.75, 3.05) is 39.5 Å². The van der Waals surface area contributed by atoms with Crippen LogP contribution in [0.4, 0.5) is 5.82 Å². The van der Waals surface area contributed by atoms with Crippen molar-refractivity contribution >= 4 is 32.3 Å². The highest BCUT2D eigenvalue weighted by Gasteiger charge is 2.20. The van der Waals surface area contributed by atoms with Crippen LogP contribution in [0.3, 0.4) is 0 Å². The van der Waals surface area contributed by atoms with Gasteiger partial charge in [0.2, 0.25) is 5.43 Å². The number of aromatic nitrogens is 2. The van der Waals surface area contributed by atoms with Crippen LogP contribution in [-0.4, -0.2) is 58.3 Å². The molecule has 192 valence electrons. The van der Waals surface area contributed by atoms with Gasteiger partial charge in [-0.1, -0.05) is 12.1 Å². The standard InChI is InChI=1S/C27H27N3O6S/c1-29(2)25-11-8-18(14-28-25)26(31)21-16-30(15-17-6-9-19(10-7-17)37(5,33)34)22-13-24(36-4)23(35-3)12-20(22)27(21)32/h6-14,16H,15H2,1-5H3. The monoisotopic (exact) mass is 521 g/mol. The zero-order chi connectivity index (χ0) is 26.9. The molecule has 0 atom stereocenters. The lowest BCUT2D eigenvalue weighted by Crippen LogP contribution is -2.21. The van der Waals surface area contributed by atoms with Gasteiger partial charge in [0, 0.05) is 50.9 Å². The second-order valence-corrected chi connectivity index (χ2v) is 10.8. The number of hydrogen-bond acceptors (Lipinski definition) is 8. The van der Waals surface area contributed by atoms with E-state index in [0.29, 0.717) is 22.8 Å². The molecule has 0 aliphatic heterocycles. The van der Waals surface area contributed by atoms with Gasteiger partial charge in [-0.2, -0.15) is 0 Å². The summed E-state index contributed by atoms with van der Waals surface area (Å²) in [6.07, 6.45) is 4.11. The Morgan fingerprint density at radius 3 is 2.19 bits per heavy atom. The van der Waals surface area contributed by atoms with Crippen LogP contribution in [0.15, 0.2) is 70.6 Å². The summed E-state index contributed by atoms with van der Waals surface area (Å²) in [5, 5.41) is 0.286. The van der Waals surface area contributed by atoms with Crippen molar-refractivity contribution in [1.82, 2.24) is 9.55 Å². The van der Waals surface area contributed by atoms with Gasteiger partial charge < -0.3 is 18.9 Å². The van der Waals surface area contributed by atoms with Crippen LogP contribution in [-0.2, 0) is 16.4 Å². The van der Waals surface area contributed by atoms with Crippen molar-refractivity contribution < 1.29 is 22.7 Å². The maximum absolute atomic E-state index is 13.5. The quantitative estimate of drug-likeness (QED) is 0.326. The number of sulfone groups is 1. The average molecular weight is 522 g/mol. The van der Waals surface area contributed by atoms with E-state index in [9.17, 15) is 18.0 Å². The fourth-order valence-corrected chi connectivity index (χ4v) is 4.62. The van der Waals surface area contributed by atoms with Crippen molar-refractivity contribution in [3.8, 4) is 11.5 Å². The number of nitrogens with zero attached hydrogens (tertiary/aromatic N) is 3. The number of hydrogen-bond donors (Lipinski definition) is 0. The molecule has 37 heavy (non-hydrogen) atoms. The molecule has 9 nitrogen and oxygen atoms in total. The van der Waals surface area contributed by atoms with Gasteiger partial charge in [-0.15, -0.1) is 0 Å². The summed E-state index contributed by atoms with van der Waals surface area (Å²) in [6.45, 7) is 0.272. The molecule has 0 amide bonds. The normalized spacial score (nSPS) is 11.4. The molecule has 0 unspecified atom stereocenters. The maximum Gasteiger partial charge on any atom is 0.200 e. The van der Waals surface area contributed by atoms with Crippen molar-refractivity contribution in [3.63, 3.8) is 0 Å². The van der Waals surface area contributed by atoms with E-state index < -0.39 is 21.0 Å². The topological polar surface area (TPSA) is 108 Å². The van der Waals surface area contributed by atoms with Crippen LogP contribution < -0.4 is 19.8 Å². The number of pyridine rings is 2. The van der Waals surface area contributed by atoms with Gasteiger partial charge in [0.05, 0.1) is 35.6 Å². The molecule has 0 aliphatic carbocycles. The Bertz CT molecular complexity index is 1640. The molecule has 0 saturated carbocycles. The number of methoxy groups -OCH3 is 2. The first-order valence-electron chi connectivity index (χ1n) is 11.3. The molecule has 0 bridgehead atoms. The fourth-order valence-electron chi connectivity index (χ4n) is 3.99. The number of carbonyl (C=O) groups excluding carboxylic acids is 1. The molecule has 2 aromatic carbocycles. The molecular formula is C27H27N3O6S. The average Bonchev–Trinajstić information content (AvgIpc) is 2.89. The molecule has 0 N–H and O–H groups in total. The summed E-state index contributed by atoms with van der Waals surface area (Å²) >= 11 is 0. The lowest BCUT2D eigenvalue weighted by atomic mass is 10.0. The van der Waals surface area contributed by atoms with Crippen LogP contribution >= 0.6 is 0 Å². The Labute approximate surface area is 214 Å². The second kappa shape index (κ2) is 10.1. The highest BCUT2D eigenvalue weighted by molar-refractivity contribution is 7.90. The minimum Gasteiger partial charge on any atom is -0.493 e. The zero-order valence-corrected chi connectivity index (χ0v) is 22.0. The number of anilines is 1. The lowest BCUT2D eigenvalue weighted by Gasteiger charge is -2.16. The van der Waals surface area contributed by atoms with E-state index >= 15 is 0 Å². The summed E-state index contributed by atoms with van der Waals surface area (Å²) < 4.78 is 36.3. The van der Waals surface area contributed by atoms with E-state index in [2.05, 4.69) is 4.98 Å². The van der Waals surface area contributed by atoms with Gasteiger partial charge in [0.15, 0.2) is 27.1 Å². The first-order valence-corrected chi connectivity index (χ1v) is 13.2. The second-order valence-electron chi connectivity index (χ2n) is 8.77. The predicted molar refractivity (Wildman–Crippen MR) is 142 cm³/mol. The summed E-state index contributed by atoms with van der Waals surface area (Å²) in [4.78, 5) is 33.3. The molecule has 4 aromatic rings. The van der Waals surface area contributed by atoms with Crippen molar-refractivity contribution in [2.24, 2.45) is 0 Å². The van der Waals surface area contributed by atoms with Gasteiger partial charge in [-0.25, -0.2) is 13.4 Å². The van der Waals surface area contributed by atoms with Crippen molar-refractivity contribution in [2.45, 2.75) is 11.4 Å².